The maximum absolute atomic E-state index is 14.1. The van der Waals surface area contributed by atoms with Crippen molar-refractivity contribution in [2.45, 2.75) is 13.0 Å². The topological polar surface area (TPSA) is 69.0 Å². The number of para-hydroxylation sites is 1. The first-order valence-electron chi connectivity index (χ1n) is 11.1. The fraction of sp³-hybridized carbons (Fsp3) is 0.280. The number of hydrogen-bond donors (Lipinski definition) is 1. The van der Waals surface area contributed by atoms with Crippen LogP contribution in [0.5, 0.6) is 0 Å². The number of anilines is 2. The molecule has 7 nitrogen and oxygen atoms in total. The number of hydrogen-bond acceptors (Lipinski definition) is 4. The van der Waals surface area contributed by atoms with E-state index in [9.17, 15) is 14.0 Å². The molecule has 0 aliphatic carbocycles. The fourth-order valence-corrected chi connectivity index (χ4v) is 4.10. The van der Waals surface area contributed by atoms with Gasteiger partial charge in [-0.1, -0.05) is 29.8 Å². The van der Waals surface area contributed by atoms with Crippen LogP contribution in [0.3, 0.4) is 0 Å². The lowest BCUT2D eigenvalue weighted by Gasteiger charge is -2.36. The molecule has 0 atom stereocenters. The first-order valence-corrected chi connectivity index (χ1v) is 11.5. The standard InChI is InChI=1S/C25H26ClFN4O3/c26-19-5-3-6-20(17-19)28-25(33)31(18-21-7-4-16-34-21)11-10-24(32)30-14-12-29(13-15-30)23-9-2-1-8-22(23)27/h1-9,16-17H,10-15,18H2,(H,28,33). The van der Waals surface area contributed by atoms with Gasteiger partial charge in [-0.2, -0.15) is 0 Å². The zero-order chi connectivity index (χ0) is 23.9. The molecule has 3 amide bonds. The number of carbonyl (C=O) groups excluding carboxylic acids is 2. The summed E-state index contributed by atoms with van der Waals surface area (Å²) in [7, 11) is 0. The van der Waals surface area contributed by atoms with E-state index in [0.717, 1.165) is 0 Å². The number of nitrogens with one attached hydrogen (secondary N) is 1. The average molecular weight is 485 g/mol. The van der Waals surface area contributed by atoms with E-state index in [4.69, 9.17) is 16.0 Å². The summed E-state index contributed by atoms with van der Waals surface area (Å²) < 4.78 is 19.5. The van der Waals surface area contributed by atoms with Crippen molar-refractivity contribution in [1.29, 1.82) is 0 Å². The third-order valence-corrected chi connectivity index (χ3v) is 5.95. The van der Waals surface area contributed by atoms with Crippen molar-refractivity contribution in [2.24, 2.45) is 0 Å². The lowest BCUT2D eigenvalue weighted by molar-refractivity contribution is -0.131. The number of furan rings is 1. The van der Waals surface area contributed by atoms with Crippen molar-refractivity contribution < 1.29 is 18.4 Å². The summed E-state index contributed by atoms with van der Waals surface area (Å²) in [5.74, 6) is 0.307. The molecule has 0 radical (unpaired) electrons. The third-order valence-electron chi connectivity index (χ3n) is 5.71. The Morgan fingerprint density at radius 3 is 2.53 bits per heavy atom. The molecule has 2 aromatic carbocycles. The van der Waals surface area contributed by atoms with E-state index in [-0.39, 0.29) is 37.3 Å². The Balaban J connectivity index is 1.34. The van der Waals surface area contributed by atoms with Crippen LogP contribution in [0.4, 0.5) is 20.6 Å². The molecule has 0 saturated carbocycles. The van der Waals surface area contributed by atoms with E-state index in [1.165, 1.54) is 11.0 Å². The second-order valence-corrected chi connectivity index (χ2v) is 8.45. The minimum atomic E-state index is -0.351. The molecule has 178 valence electrons. The molecule has 1 saturated heterocycles. The minimum absolute atomic E-state index is 0.0480. The lowest BCUT2D eigenvalue weighted by Crippen LogP contribution is -2.49. The lowest BCUT2D eigenvalue weighted by atomic mass is 10.2. The van der Waals surface area contributed by atoms with Gasteiger partial charge in [0.15, 0.2) is 0 Å². The van der Waals surface area contributed by atoms with E-state index in [0.29, 0.717) is 48.3 Å². The first-order chi connectivity index (χ1) is 16.5. The number of piperazine rings is 1. The van der Waals surface area contributed by atoms with Crippen LogP contribution >= 0.6 is 11.6 Å². The van der Waals surface area contributed by atoms with Gasteiger partial charge in [-0.05, 0) is 42.5 Å². The van der Waals surface area contributed by atoms with Gasteiger partial charge in [0.1, 0.15) is 11.6 Å². The van der Waals surface area contributed by atoms with Gasteiger partial charge in [0, 0.05) is 49.9 Å². The largest absolute Gasteiger partial charge is 0.467 e. The summed E-state index contributed by atoms with van der Waals surface area (Å²) in [6, 6.07) is 16.7. The third kappa shape index (κ3) is 6.08. The van der Waals surface area contributed by atoms with E-state index in [1.54, 1.807) is 65.8 Å². The molecule has 2 heterocycles. The highest BCUT2D eigenvalue weighted by atomic mass is 35.5. The monoisotopic (exact) mass is 484 g/mol. The van der Waals surface area contributed by atoms with Gasteiger partial charge in [-0.15, -0.1) is 0 Å². The van der Waals surface area contributed by atoms with Crippen LogP contribution < -0.4 is 10.2 Å². The Hall–Kier alpha value is -3.52. The van der Waals surface area contributed by atoms with E-state index in [1.807, 2.05) is 4.90 Å². The number of halogens is 2. The van der Waals surface area contributed by atoms with Crippen LogP contribution in [0.1, 0.15) is 12.2 Å². The minimum Gasteiger partial charge on any atom is -0.467 e. The second kappa shape index (κ2) is 11.1. The summed E-state index contributed by atoms with van der Waals surface area (Å²) in [6.45, 7) is 2.56. The van der Waals surface area contributed by atoms with Gasteiger partial charge >= 0.3 is 6.03 Å². The van der Waals surface area contributed by atoms with Crippen molar-refractivity contribution in [3.63, 3.8) is 0 Å². The van der Waals surface area contributed by atoms with Gasteiger partial charge in [0.25, 0.3) is 0 Å². The predicted octanol–water partition coefficient (Wildman–Crippen LogP) is 4.85. The summed E-state index contributed by atoms with van der Waals surface area (Å²) in [5.41, 5.74) is 1.12. The van der Waals surface area contributed by atoms with E-state index in [2.05, 4.69) is 5.32 Å². The Morgan fingerprint density at radius 2 is 1.82 bits per heavy atom. The molecule has 34 heavy (non-hydrogen) atoms. The Morgan fingerprint density at radius 1 is 1.03 bits per heavy atom. The normalized spacial score (nSPS) is 13.6. The van der Waals surface area contributed by atoms with Crippen molar-refractivity contribution in [2.75, 3.05) is 42.9 Å². The molecule has 0 bridgehead atoms. The van der Waals surface area contributed by atoms with Crippen LogP contribution in [0, 0.1) is 5.82 Å². The fourth-order valence-electron chi connectivity index (χ4n) is 3.91. The van der Waals surface area contributed by atoms with Crippen LogP contribution in [-0.2, 0) is 11.3 Å². The Labute approximate surface area is 202 Å². The van der Waals surface area contributed by atoms with Crippen LogP contribution in [-0.4, -0.2) is 54.5 Å². The summed E-state index contributed by atoms with van der Waals surface area (Å²) in [5, 5.41) is 3.34. The Bertz CT molecular complexity index is 1120. The highest BCUT2D eigenvalue weighted by Crippen LogP contribution is 2.21. The van der Waals surface area contributed by atoms with E-state index < -0.39 is 0 Å². The average Bonchev–Trinajstić information content (AvgIpc) is 3.35. The van der Waals surface area contributed by atoms with Crippen molar-refractivity contribution in [3.05, 3.63) is 83.5 Å². The first kappa shape index (κ1) is 23.6. The molecular formula is C25H26ClFN4O3. The molecule has 1 aliphatic rings. The quantitative estimate of drug-likeness (QED) is 0.520. The summed E-state index contributed by atoms with van der Waals surface area (Å²) in [4.78, 5) is 31.0. The highest BCUT2D eigenvalue weighted by molar-refractivity contribution is 6.30. The zero-order valence-corrected chi connectivity index (χ0v) is 19.4. The number of rotatable bonds is 7. The van der Waals surface area contributed by atoms with Crippen molar-refractivity contribution in [1.82, 2.24) is 9.80 Å². The van der Waals surface area contributed by atoms with Crippen LogP contribution in [0.25, 0.3) is 0 Å². The number of benzene rings is 2. The van der Waals surface area contributed by atoms with Gasteiger partial charge in [-0.3, -0.25) is 4.79 Å². The van der Waals surface area contributed by atoms with Crippen LogP contribution in [0.15, 0.2) is 71.3 Å². The Kier molecular flexibility index (Phi) is 7.69. The smallest absolute Gasteiger partial charge is 0.322 e. The molecule has 9 heteroatoms. The molecular weight excluding hydrogens is 459 g/mol. The van der Waals surface area contributed by atoms with Gasteiger partial charge in [-0.25, -0.2) is 9.18 Å². The second-order valence-electron chi connectivity index (χ2n) is 8.01. The van der Waals surface area contributed by atoms with Crippen molar-refractivity contribution in [3.8, 4) is 0 Å². The summed E-state index contributed by atoms with van der Waals surface area (Å²) in [6.07, 6.45) is 1.71. The van der Waals surface area contributed by atoms with Crippen molar-refractivity contribution >= 4 is 34.9 Å². The van der Waals surface area contributed by atoms with Gasteiger partial charge < -0.3 is 24.4 Å². The molecule has 0 unspecified atom stereocenters. The molecule has 4 rings (SSSR count). The summed E-state index contributed by atoms with van der Waals surface area (Å²) >= 11 is 6.02. The highest BCUT2D eigenvalue weighted by Gasteiger charge is 2.24. The maximum Gasteiger partial charge on any atom is 0.322 e. The molecule has 1 aliphatic heterocycles. The van der Waals surface area contributed by atoms with Crippen LogP contribution in [0.2, 0.25) is 5.02 Å². The molecule has 0 spiro atoms. The predicted molar refractivity (Wildman–Crippen MR) is 129 cm³/mol. The molecule has 1 aromatic heterocycles. The maximum atomic E-state index is 14.1. The molecule has 1 N–H and O–H groups in total. The SMILES string of the molecule is O=C(CCN(Cc1ccco1)C(=O)Nc1cccc(Cl)c1)N1CCN(c2ccccc2F)CC1. The van der Waals surface area contributed by atoms with E-state index >= 15 is 0 Å². The number of carbonyl (C=O) groups is 2. The van der Waals surface area contributed by atoms with Gasteiger partial charge in [0.05, 0.1) is 18.5 Å². The number of urea groups is 1. The molecule has 1 fully saturated rings. The number of nitrogens with zero attached hydrogens (tertiary/aromatic N) is 3. The zero-order valence-electron chi connectivity index (χ0n) is 18.6. The number of amides is 3. The van der Waals surface area contributed by atoms with Gasteiger partial charge in [0.2, 0.25) is 5.91 Å². The molecule has 3 aromatic rings.